The number of esters is 1. The number of amides is 1. The van der Waals surface area contributed by atoms with E-state index in [4.69, 9.17) is 39.5 Å². The molecule has 0 unspecified atom stereocenters. The van der Waals surface area contributed by atoms with Gasteiger partial charge in [-0.15, -0.1) is 0 Å². The van der Waals surface area contributed by atoms with Crippen LogP contribution in [0, 0.1) is 0 Å². The summed E-state index contributed by atoms with van der Waals surface area (Å²) in [7, 11) is -3.62. The van der Waals surface area contributed by atoms with Crippen molar-refractivity contribution in [3.63, 3.8) is 0 Å². The first-order valence-electron chi connectivity index (χ1n) is 12.2. The molecule has 0 aliphatic heterocycles. The number of halogens is 3. The molecule has 8 nitrogen and oxygen atoms in total. The molecule has 0 saturated heterocycles. The lowest BCUT2D eigenvalue weighted by molar-refractivity contribution is -0.119. The Bertz CT molecular complexity index is 1690. The van der Waals surface area contributed by atoms with E-state index in [9.17, 15) is 18.0 Å². The fraction of sp³-hybridized carbons (Fsp3) is 0.179. The molecule has 12 heteroatoms. The van der Waals surface area contributed by atoms with Crippen molar-refractivity contribution in [1.82, 2.24) is 9.29 Å². The monoisotopic (exact) mass is 619 g/mol. The van der Waals surface area contributed by atoms with E-state index in [1.165, 1.54) is 34.6 Å². The number of hydrogen-bond acceptors (Lipinski definition) is 6. The zero-order valence-electron chi connectivity index (χ0n) is 21.4. The number of fused-ring (bicyclic) bond motifs is 1. The molecule has 3 aromatic carbocycles. The van der Waals surface area contributed by atoms with Gasteiger partial charge in [0.15, 0.2) is 6.61 Å². The van der Waals surface area contributed by atoms with Crippen molar-refractivity contribution >= 4 is 73.3 Å². The number of carbonyl (C=O) groups is 2. The molecule has 1 amide bonds. The summed E-state index contributed by atoms with van der Waals surface area (Å²) in [4.78, 5) is 30.3. The van der Waals surface area contributed by atoms with Gasteiger partial charge in [0, 0.05) is 29.7 Å². The summed E-state index contributed by atoms with van der Waals surface area (Å²) in [6.07, 6.45) is 0. The van der Waals surface area contributed by atoms with E-state index in [0.717, 1.165) is 0 Å². The third-order valence-electron chi connectivity index (χ3n) is 6.06. The second-order valence-electron chi connectivity index (χ2n) is 8.53. The molecule has 0 bridgehead atoms. The summed E-state index contributed by atoms with van der Waals surface area (Å²) in [5.41, 5.74) is 1.89. The van der Waals surface area contributed by atoms with E-state index in [2.05, 4.69) is 10.3 Å². The predicted molar refractivity (Wildman–Crippen MR) is 158 cm³/mol. The Morgan fingerprint density at radius 1 is 0.925 bits per heavy atom. The van der Waals surface area contributed by atoms with E-state index in [1.807, 2.05) is 0 Å². The molecule has 40 heavy (non-hydrogen) atoms. The average molecular weight is 621 g/mol. The Morgan fingerprint density at radius 3 is 2.27 bits per heavy atom. The Morgan fingerprint density at radius 2 is 1.60 bits per heavy atom. The molecule has 208 valence electrons. The molecular formula is C28H24Cl3N3O5S. The van der Waals surface area contributed by atoms with Gasteiger partial charge in [-0.2, -0.15) is 4.31 Å². The Labute approximate surface area is 246 Å². The molecule has 4 aromatic rings. The minimum atomic E-state index is -3.62. The van der Waals surface area contributed by atoms with Gasteiger partial charge >= 0.3 is 5.97 Å². The molecule has 0 atom stereocenters. The van der Waals surface area contributed by atoms with Crippen molar-refractivity contribution in [2.45, 2.75) is 18.7 Å². The fourth-order valence-corrected chi connectivity index (χ4v) is 6.12. The van der Waals surface area contributed by atoms with Crippen LogP contribution in [0.15, 0.2) is 71.6 Å². The maximum Gasteiger partial charge on any atom is 0.339 e. The molecule has 4 rings (SSSR count). The van der Waals surface area contributed by atoms with Gasteiger partial charge in [0.25, 0.3) is 5.91 Å². The number of carbonyl (C=O) groups excluding carboxylic acids is 2. The molecular weight excluding hydrogens is 597 g/mol. The van der Waals surface area contributed by atoms with Crippen LogP contribution in [0.2, 0.25) is 15.1 Å². The zero-order chi connectivity index (χ0) is 29.0. The lowest BCUT2D eigenvalue weighted by Gasteiger charge is -2.18. The number of ether oxygens (including phenoxy) is 1. The summed E-state index contributed by atoms with van der Waals surface area (Å²) < 4.78 is 32.0. The summed E-state index contributed by atoms with van der Waals surface area (Å²) in [6.45, 7) is 3.64. The van der Waals surface area contributed by atoms with Crippen molar-refractivity contribution < 1.29 is 22.7 Å². The van der Waals surface area contributed by atoms with E-state index in [1.54, 1.807) is 50.2 Å². The molecule has 1 N–H and O–H groups in total. The number of hydrogen-bond donors (Lipinski definition) is 1. The van der Waals surface area contributed by atoms with Crippen LogP contribution in [-0.2, 0) is 19.6 Å². The van der Waals surface area contributed by atoms with Gasteiger partial charge in [-0.1, -0.05) is 66.8 Å². The molecule has 1 heterocycles. The van der Waals surface area contributed by atoms with Crippen LogP contribution in [0.1, 0.15) is 24.2 Å². The Balaban J connectivity index is 1.51. The van der Waals surface area contributed by atoms with E-state index >= 15 is 0 Å². The van der Waals surface area contributed by atoms with Crippen LogP contribution in [-0.4, -0.2) is 49.3 Å². The van der Waals surface area contributed by atoms with Gasteiger partial charge in [0.2, 0.25) is 10.0 Å². The van der Waals surface area contributed by atoms with Crippen molar-refractivity contribution in [2.24, 2.45) is 0 Å². The number of nitrogens with zero attached hydrogens (tertiary/aromatic N) is 2. The zero-order valence-corrected chi connectivity index (χ0v) is 24.5. The molecule has 1 aromatic heterocycles. The normalized spacial score (nSPS) is 11.6. The fourth-order valence-electron chi connectivity index (χ4n) is 4.03. The lowest BCUT2D eigenvalue weighted by atomic mass is 10.0. The van der Waals surface area contributed by atoms with Gasteiger partial charge in [-0.25, -0.2) is 18.2 Å². The van der Waals surface area contributed by atoms with Crippen LogP contribution < -0.4 is 5.32 Å². The first kappa shape index (κ1) is 29.8. The van der Waals surface area contributed by atoms with Crippen molar-refractivity contribution in [3.05, 3.63) is 87.4 Å². The quantitative estimate of drug-likeness (QED) is 0.165. The predicted octanol–water partition coefficient (Wildman–Crippen LogP) is 6.69. The summed E-state index contributed by atoms with van der Waals surface area (Å²) >= 11 is 18.7. The van der Waals surface area contributed by atoms with Gasteiger partial charge in [-0.05, 0) is 48.5 Å². The highest BCUT2D eigenvalue weighted by Crippen LogP contribution is 2.38. The van der Waals surface area contributed by atoms with Crippen LogP contribution in [0.3, 0.4) is 0 Å². The smallest absolute Gasteiger partial charge is 0.339 e. The minimum absolute atomic E-state index is 0.114. The number of rotatable bonds is 9. The van der Waals surface area contributed by atoms with E-state index < -0.39 is 28.5 Å². The van der Waals surface area contributed by atoms with Gasteiger partial charge in [-0.3, -0.25) is 4.79 Å². The number of anilines is 1. The highest BCUT2D eigenvalue weighted by atomic mass is 35.5. The number of benzene rings is 3. The highest BCUT2D eigenvalue weighted by molar-refractivity contribution is 7.89. The number of para-hydroxylation sites is 1. The Hall–Kier alpha value is -3.21. The minimum Gasteiger partial charge on any atom is -0.452 e. The summed E-state index contributed by atoms with van der Waals surface area (Å²) in [5.74, 6) is -1.34. The molecule has 0 saturated carbocycles. The van der Waals surface area contributed by atoms with Gasteiger partial charge in [0.05, 0.1) is 36.7 Å². The van der Waals surface area contributed by atoms with Crippen molar-refractivity contribution in [3.8, 4) is 11.3 Å². The lowest BCUT2D eigenvalue weighted by Crippen LogP contribution is -2.30. The summed E-state index contributed by atoms with van der Waals surface area (Å²) in [6, 6.07) is 17.5. The maximum atomic E-state index is 13.1. The summed E-state index contributed by atoms with van der Waals surface area (Å²) in [5, 5.41) is 3.75. The third-order valence-corrected chi connectivity index (χ3v) is 9.42. The number of pyridine rings is 1. The third kappa shape index (κ3) is 6.24. The largest absolute Gasteiger partial charge is 0.452 e. The van der Waals surface area contributed by atoms with Crippen LogP contribution in [0.5, 0.6) is 0 Å². The first-order chi connectivity index (χ1) is 19.1. The first-order valence-corrected chi connectivity index (χ1v) is 14.7. The van der Waals surface area contributed by atoms with E-state index in [-0.39, 0.29) is 25.5 Å². The van der Waals surface area contributed by atoms with Gasteiger partial charge < -0.3 is 10.1 Å². The van der Waals surface area contributed by atoms with E-state index in [0.29, 0.717) is 40.9 Å². The highest BCUT2D eigenvalue weighted by Gasteiger charge is 2.22. The molecule has 0 spiro atoms. The maximum absolute atomic E-state index is 13.1. The second kappa shape index (κ2) is 12.5. The van der Waals surface area contributed by atoms with Crippen molar-refractivity contribution in [2.75, 3.05) is 25.0 Å². The molecule has 0 aliphatic rings. The molecule has 0 radical (unpaired) electrons. The topological polar surface area (TPSA) is 106 Å². The number of sulfonamides is 1. The second-order valence-corrected chi connectivity index (χ2v) is 11.6. The molecule has 0 aliphatic carbocycles. The van der Waals surface area contributed by atoms with Crippen molar-refractivity contribution in [1.29, 1.82) is 0 Å². The molecule has 0 fully saturated rings. The SMILES string of the molecule is CCN(CC)S(=O)(=O)c1ccc(NC(=O)COC(=O)c2cc(-c3ccc(Cl)c(Cl)c3Cl)nc3ccccc23)cc1. The standard InChI is InChI=1S/C28H24Cl3N3O5S/c1-3-34(4-2)40(37,38)18-11-9-17(10-12-18)32-25(35)16-39-28(36)21-15-24(33-23-8-6-5-7-19(21)23)20-13-14-22(29)27(31)26(20)30/h5-15H,3-4,16H2,1-2H3,(H,32,35). The number of aromatic nitrogens is 1. The van der Waals surface area contributed by atoms with Crippen LogP contribution in [0.4, 0.5) is 5.69 Å². The van der Waals surface area contributed by atoms with Crippen LogP contribution in [0.25, 0.3) is 22.2 Å². The van der Waals surface area contributed by atoms with Gasteiger partial charge in [0.1, 0.15) is 0 Å². The van der Waals surface area contributed by atoms with Crippen LogP contribution >= 0.6 is 34.8 Å². The Kier molecular flexibility index (Phi) is 9.33. The average Bonchev–Trinajstić information content (AvgIpc) is 2.95. The number of nitrogens with one attached hydrogen (secondary N) is 1.